The lowest BCUT2D eigenvalue weighted by Gasteiger charge is -2.32. The summed E-state index contributed by atoms with van der Waals surface area (Å²) in [6.07, 6.45) is 1.86. The zero-order valence-electron chi connectivity index (χ0n) is 19.8. The zero-order valence-corrected chi connectivity index (χ0v) is 19.8. The number of carbonyl (C=O) groups is 1. The van der Waals surface area contributed by atoms with E-state index < -0.39 is 0 Å². The number of fused-ring (bicyclic) bond motifs is 1. The minimum Gasteiger partial charge on any atom is -0.490 e. The van der Waals surface area contributed by atoms with Gasteiger partial charge in [-0.1, -0.05) is 13.8 Å². The van der Waals surface area contributed by atoms with Crippen molar-refractivity contribution < 1.29 is 9.53 Å². The lowest BCUT2D eigenvalue weighted by molar-refractivity contribution is -0.131. The fourth-order valence-corrected chi connectivity index (χ4v) is 4.75. The van der Waals surface area contributed by atoms with Gasteiger partial charge in [-0.05, 0) is 62.7 Å². The normalized spacial score (nSPS) is 15.0. The van der Waals surface area contributed by atoms with Gasteiger partial charge < -0.3 is 19.9 Å². The molecule has 6 nitrogen and oxygen atoms in total. The van der Waals surface area contributed by atoms with Crippen molar-refractivity contribution in [1.82, 2.24) is 20.2 Å². The van der Waals surface area contributed by atoms with Gasteiger partial charge in [-0.2, -0.15) is 0 Å². The van der Waals surface area contributed by atoms with E-state index in [2.05, 4.69) is 53.4 Å². The Morgan fingerprint density at radius 3 is 2.50 bits per heavy atom. The molecule has 3 heterocycles. The highest BCUT2D eigenvalue weighted by Crippen LogP contribution is 2.37. The first-order valence-electron chi connectivity index (χ1n) is 11.6. The van der Waals surface area contributed by atoms with E-state index in [0.29, 0.717) is 12.5 Å². The highest BCUT2D eigenvalue weighted by Gasteiger charge is 2.24. The standard InChI is InChI=1S/C26H34N4O2/c1-16(2)25-22-14-21(32-20-8-10-30(11-9-20)24(31)15-27-5)6-7-23(22)29-26(25)19-12-17(3)28-18(4)13-19/h6-7,12-14,16,20,27,29H,8-11,15H2,1-5H3. The quantitative estimate of drug-likeness (QED) is 0.597. The maximum absolute atomic E-state index is 12.1. The highest BCUT2D eigenvalue weighted by atomic mass is 16.5. The van der Waals surface area contributed by atoms with Gasteiger partial charge in [0, 0.05) is 53.8 Å². The molecule has 0 spiro atoms. The van der Waals surface area contributed by atoms with Crippen molar-refractivity contribution in [3.8, 4) is 17.0 Å². The Morgan fingerprint density at radius 1 is 1.19 bits per heavy atom. The molecule has 0 unspecified atom stereocenters. The molecule has 0 saturated carbocycles. The fraction of sp³-hybridized carbons (Fsp3) is 0.462. The second kappa shape index (κ2) is 9.33. The van der Waals surface area contributed by atoms with Gasteiger partial charge in [0.05, 0.1) is 12.2 Å². The number of nitrogens with zero attached hydrogens (tertiary/aromatic N) is 2. The Hall–Kier alpha value is -2.86. The number of H-pyrrole nitrogens is 1. The molecule has 1 fully saturated rings. The SMILES string of the molecule is CNCC(=O)N1CCC(Oc2ccc3[nH]c(-c4cc(C)nc(C)c4)c(C(C)C)c3c2)CC1. The molecule has 1 amide bonds. The molecule has 1 aromatic carbocycles. The van der Waals surface area contributed by atoms with Crippen LogP contribution in [0.4, 0.5) is 0 Å². The van der Waals surface area contributed by atoms with Gasteiger partial charge in [-0.3, -0.25) is 9.78 Å². The van der Waals surface area contributed by atoms with E-state index >= 15 is 0 Å². The summed E-state index contributed by atoms with van der Waals surface area (Å²) >= 11 is 0. The fourth-order valence-electron chi connectivity index (χ4n) is 4.75. The number of pyridine rings is 1. The summed E-state index contributed by atoms with van der Waals surface area (Å²) in [5.41, 5.74) is 6.82. The first kappa shape index (κ1) is 22.3. The van der Waals surface area contributed by atoms with Crippen LogP contribution in [-0.2, 0) is 4.79 Å². The van der Waals surface area contributed by atoms with Gasteiger partial charge in [-0.15, -0.1) is 0 Å². The van der Waals surface area contributed by atoms with Gasteiger partial charge >= 0.3 is 0 Å². The Bertz CT molecular complexity index is 1090. The average Bonchev–Trinajstić information content (AvgIpc) is 3.13. The molecule has 0 radical (unpaired) electrons. The summed E-state index contributed by atoms with van der Waals surface area (Å²) in [4.78, 5) is 22.2. The lowest BCUT2D eigenvalue weighted by atomic mass is 9.96. The molecule has 1 aliphatic heterocycles. The van der Waals surface area contributed by atoms with Crippen molar-refractivity contribution in [3.63, 3.8) is 0 Å². The molecule has 170 valence electrons. The van der Waals surface area contributed by atoms with Crippen LogP contribution in [0.3, 0.4) is 0 Å². The van der Waals surface area contributed by atoms with Gasteiger partial charge in [0.1, 0.15) is 11.9 Å². The summed E-state index contributed by atoms with van der Waals surface area (Å²) in [6, 6.07) is 10.6. The number of carbonyl (C=O) groups excluding carboxylic acids is 1. The second-order valence-corrected chi connectivity index (χ2v) is 9.14. The van der Waals surface area contributed by atoms with Crippen molar-refractivity contribution in [2.75, 3.05) is 26.7 Å². The van der Waals surface area contributed by atoms with Crippen LogP contribution >= 0.6 is 0 Å². The number of aryl methyl sites for hydroxylation is 2. The second-order valence-electron chi connectivity index (χ2n) is 9.14. The number of piperidine rings is 1. The van der Waals surface area contributed by atoms with Crippen molar-refractivity contribution in [3.05, 3.63) is 47.3 Å². The topological polar surface area (TPSA) is 70.2 Å². The largest absolute Gasteiger partial charge is 0.490 e. The van der Waals surface area contributed by atoms with Crippen LogP contribution in [0.15, 0.2) is 30.3 Å². The number of hydrogen-bond acceptors (Lipinski definition) is 4. The number of rotatable bonds is 6. The third-order valence-electron chi connectivity index (χ3n) is 6.18. The van der Waals surface area contributed by atoms with Crippen LogP contribution in [0.25, 0.3) is 22.2 Å². The van der Waals surface area contributed by atoms with Crippen LogP contribution in [0, 0.1) is 13.8 Å². The van der Waals surface area contributed by atoms with Gasteiger partial charge in [0.15, 0.2) is 0 Å². The first-order chi connectivity index (χ1) is 15.4. The van der Waals surface area contributed by atoms with Crippen LogP contribution in [0.5, 0.6) is 5.75 Å². The number of nitrogens with one attached hydrogen (secondary N) is 2. The predicted octanol–water partition coefficient (Wildman–Crippen LogP) is 4.56. The molecule has 0 bridgehead atoms. The third kappa shape index (κ3) is 4.65. The first-order valence-corrected chi connectivity index (χ1v) is 11.6. The summed E-state index contributed by atoms with van der Waals surface area (Å²) < 4.78 is 6.36. The number of aromatic amines is 1. The highest BCUT2D eigenvalue weighted by molar-refractivity contribution is 5.92. The van der Waals surface area contributed by atoms with E-state index in [0.717, 1.165) is 54.3 Å². The predicted molar refractivity (Wildman–Crippen MR) is 129 cm³/mol. The third-order valence-corrected chi connectivity index (χ3v) is 6.18. The van der Waals surface area contributed by atoms with Crippen LogP contribution in [0.1, 0.15) is 49.6 Å². The molecule has 0 aliphatic carbocycles. The Kier molecular flexibility index (Phi) is 6.51. The molecular weight excluding hydrogens is 400 g/mol. The molecule has 3 aromatic rings. The van der Waals surface area contributed by atoms with Gasteiger partial charge in [-0.25, -0.2) is 0 Å². The number of ether oxygens (including phenoxy) is 1. The van der Waals surface area contributed by atoms with E-state index in [9.17, 15) is 4.79 Å². The van der Waals surface area contributed by atoms with Crippen LogP contribution < -0.4 is 10.1 Å². The number of hydrogen-bond donors (Lipinski definition) is 2. The van der Waals surface area contributed by atoms with Crippen LogP contribution in [0.2, 0.25) is 0 Å². The summed E-state index contributed by atoms with van der Waals surface area (Å²) in [6.45, 7) is 10.4. The summed E-state index contributed by atoms with van der Waals surface area (Å²) in [5, 5.41) is 4.15. The van der Waals surface area contributed by atoms with Gasteiger partial charge in [0.2, 0.25) is 5.91 Å². The number of amides is 1. The molecule has 1 aliphatic rings. The van der Waals surface area contributed by atoms with E-state index in [1.54, 1.807) is 7.05 Å². The van der Waals surface area contributed by atoms with E-state index in [-0.39, 0.29) is 12.0 Å². The van der Waals surface area contributed by atoms with Gasteiger partial charge in [0.25, 0.3) is 0 Å². The lowest BCUT2D eigenvalue weighted by Crippen LogP contribution is -2.44. The molecule has 2 N–H and O–H groups in total. The minimum atomic E-state index is 0.137. The number of aromatic nitrogens is 2. The Labute approximate surface area is 190 Å². The minimum absolute atomic E-state index is 0.137. The monoisotopic (exact) mass is 434 g/mol. The molecule has 6 heteroatoms. The van der Waals surface area contributed by atoms with Crippen molar-refractivity contribution in [1.29, 1.82) is 0 Å². The van der Waals surface area contributed by atoms with Crippen molar-refractivity contribution in [2.45, 2.75) is 52.6 Å². The molecule has 0 atom stereocenters. The van der Waals surface area contributed by atoms with E-state index in [1.165, 1.54) is 16.5 Å². The molecule has 1 saturated heterocycles. The summed E-state index contributed by atoms with van der Waals surface area (Å²) in [7, 11) is 1.80. The maximum Gasteiger partial charge on any atom is 0.236 e. The number of likely N-dealkylation sites (tertiary alicyclic amines) is 1. The van der Waals surface area contributed by atoms with Crippen LogP contribution in [-0.4, -0.2) is 53.6 Å². The van der Waals surface area contributed by atoms with Crippen molar-refractivity contribution >= 4 is 16.8 Å². The number of likely N-dealkylation sites (N-methyl/N-ethyl adjacent to an activating group) is 1. The van der Waals surface area contributed by atoms with E-state index in [1.807, 2.05) is 24.8 Å². The molecule has 4 rings (SSSR count). The molecule has 32 heavy (non-hydrogen) atoms. The smallest absolute Gasteiger partial charge is 0.236 e. The Morgan fingerprint density at radius 2 is 1.88 bits per heavy atom. The number of benzene rings is 1. The van der Waals surface area contributed by atoms with E-state index in [4.69, 9.17) is 4.74 Å². The average molecular weight is 435 g/mol. The maximum atomic E-state index is 12.1. The summed E-state index contributed by atoms with van der Waals surface area (Å²) in [5.74, 6) is 1.42. The molecule has 2 aromatic heterocycles. The Balaban J connectivity index is 1.58. The molecular formula is C26H34N4O2. The zero-order chi connectivity index (χ0) is 22.8. The van der Waals surface area contributed by atoms with Crippen molar-refractivity contribution in [2.24, 2.45) is 0 Å².